The van der Waals surface area contributed by atoms with Crippen molar-refractivity contribution in [2.75, 3.05) is 25.5 Å². The number of ether oxygens (including phenoxy) is 1. The molecule has 0 heterocycles. The van der Waals surface area contributed by atoms with Gasteiger partial charge in [0.25, 0.3) is 0 Å². The summed E-state index contributed by atoms with van der Waals surface area (Å²) in [4.78, 5) is 12.8. The minimum Gasteiger partial charge on any atom is -0.497 e. The highest BCUT2D eigenvalue weighted by molar-refractivity contribution is 9.10. The van der Waals surface area contributed by atoms with Crippen molar-refractivity contribution in [3.8, 4) is 5.75 Å². The van der Waals surface area contributed by atoms with Gasteiger partial charge in [-0.3, -0.25) is 4.79 Å². The van der Waals surface area contributed by atoms with Crippen molar-refractivity contribution >= 4 is 37.5 Å². The molecule has 0 saturated carbocycles. The van der Waals surface area contributed by atoms with Crippen LogP contribution in [-0.2, 0) is 21.2 Å². The number of rotatable bonds is 9. The van der Waals surface area contributed by atoms with E-state index >= 15 is 0 Å². The standard InChI is InChI=1S/C23H23BrN2O4S/c1-30-21-11-13-22(14-12-21)31(28,29)26(16-15-18-5-3-2-4-6-18)17-23(27)25-20-9-7-19(24)8-10-20/h2-14H,15-17H2,1H3,(H,25,27). The fourth-order valence-corrected chi connectivity index (χ4v) is 4.63. The van der Waals surface area contributed by atoms with Gasteiger partial charge in [0, 0.05) is 16.7 Å². The molecular formula is C23H23BrN2O4S. The summed E-state index contributed by atoms with van der Waals surface area (Å²) in [6, 6.07) is 22.8. The molecule has 0 fully saturated rings. The third-order valence-electron chi connectivity index (χ3n) is 4.64. The number of nitrogens with zero attached hydrogens (tertiary/aromatic N) is 1. The molecule has 0 atom stereocenters. The Kier molecular flexibility index (Phi) is 7.84. The lowest BCUT2D eigenvalue weighted by Gasteiger charge is -2.22. The molecule has 3 aromatic rings. The number of carbonyl (C=O) groups is 1. The SMILES string of the molecule is COc1ccc(S(=O)(=O)N(CCc2ccccc2)CC(=O)Nc2ccc(Br)cc2)cc1. The summed E-state index contributed by atoms with van der Waals surface area (Å²) in [5.41, 5.74) is 1.59. The lowest BCUT2D eigenvalue weighted by atomic mass is 10.1. The van der Waals surface area contributed by atoms with Crippen LogP contribution in [0.1, 0.15) is 5.56 Å². The molecule has 1 N–H and O–H groups in total. The molecule has 0 aliphatic rings. The Morgan fingerprint density at radius 1 is 0.968 bits per heavy atom. The first kappa shape index (κ1) is 23.0. The Morgan fingerprint density at radius 3 is 2.23 bits per heavy atom. The number of hydrogen-bond donors (Lipinski definition) is 1. The molecule has 6 nitrogen and oxygen atoms in total. The third kappa shape index (κ3) is 6.40. The van der Waals surface area contributed by atoms with Crippen LogP contribution in [0, 0.1) is 0 Å². The van der Waals surface area contributed by atoms with Crippen molar-refractivity contribution in [1.29, 1.82) is 0 Å². The molecule has 0 saturated heterocycles. The molecule has 8 heteroatoms. The van der Waals surface area contributed by atoms with Crippen molar-refractivity contribution in [2.45, 2.75) is 11.3 Å². The molecule has 3 aromatic carbocycles. The molecule has 0 aliphatic carbocycles. The maximum absolute atomic E-state index is 13.3. The molecule has 0 radical (unpaired) electrons. The minimum atomic E-state index is -3.88. The number of amides is 1. The zero-order chi connectivity index (χ0) is 22.3. The van der Waals surface area contributed by atoms with E-state index in [0.29, 0.717) is 17.9 Å². The first-order valence-electron chi connectivity index (χ1n) is 9.62. The van der Waals surface area contributed by atoms with Gasteiger partial charge in [0.05, 0.1) is 18.6 Å². The van der Waals surface area contributed by atoms with Gasteiger partial charge in [-0.25, -0.2) is 8.42 Å². The van der Waals surface area contributed by atoms with Crippen LogP contribution in [0.2, 0.25) is 0 Å². The Bertz CT molecular complexity index is 1100. The Balaban J connectivity index is 1.80. The Hall–Kier alpha value is -2.68. The smallest absolute Gasteiger partial charge is 0.243 e. The van der Waals surface area contributed by atoms with Crippen LogP contribution in [0.4, 0.5) is 5.69 Å². The van der Waals surface area contributed by atoms with E-state index in [1.54, 1.807) is 36.4 Å². The van der Waals surface area contributed by atoms with Crippen molar-refractivity contribution in [3.05, 3.63) is 88.9 Å². The first-order chi connectivity index (χ1) is 14.9. The van der Waals surface area contributed by atoms with Crippen molar-refractivity contribution < 1.29 is 17.9 Å². The predicted octanol–water partition coefficient (Wildman–Crippen LogP) is 4.33. The van der Waals surface area contributed by atoms with Crippen LogP contribution >= 0.6 is 15.9 Å². The molecule has 1 amide bonds. The van der Waals surface area contributed by atoms with E-state index < -0.39 is 15.9 Å². The van der Waals surface area contributed by atoms with E-state index in [1.807, 2.05) is 30.3 Å². The third-order valence-corrected chi connectivity index (χ3v) is 7.03. The van der Waals surface area contributed by atoms with Crippen LogP contribution in [0.25, 0.3) is 0 Å². The molecule has 31 heavy (non-hydrogen) atoms. The lowest BCUT2D eigenvalue weighted by Crippen LogP contribution is -2.39. The monoisotopic (exact) mass is 502 g/mol. The minimum absolute atomic E-state index is 0.109. The van der Waals surface area contributed by atoms with Gasteiger partial charge >= 0.3 is 0 Å². The first-order valence-corrected chi connectivity index (χ1v) is 11.9. The van der Waals surface area contributed by atoms with E-state index in [-0.39, 0.29) is 18.0 Å². The highest BCUT2D eigenvalue weighted by atomic mass is 79.9. The number of nitrogens with one attached hydrogen (secondary N) is 1. The fourth-order valence-electron chi connectivity index (χ4n) is 2.97. The number of halogens is 1. The van der Waals surface area contributed by atoms with Crippen molar-refractivity contribution in [1.82, 2.24) is 4.31 Å². The highest BCUT2D eigenvalue weighted by Gasteiger charge is 2.26. The number of sulfonamides is 1. The summed E-state index contributed by atoms with van der Waals surface area (Å²) < 4.78 is 33.8. The van der Waals surface area contributed by atoms with Gasteiger partial charge in [0.2, 0.25) is 15.9 Å². The van der Waals surface area contributed by atoms with Gasteiger partial charge in [-0.15, -0.1) is 0 Å². The van der Waals surface area contributed by atoms with Gasteiger partial charge in [-0.2, -0.15) is 4.31 Å². The zero-order valence-corrected chi connectivity index (χ0v) is 19.4. The molecule has 162 valence electrons. The summed E-state index contributed by atoms with van der Waals surface area (Å²) in [5, 5.41) is 2.75. The predicted molar refractivity (Wildman–Crippen MR) is 125 cm³/mol. The average molecular weight is 503 g/mol. The molecule has 0 bridgehead atoms. The number of carbonyl (C=O) groups excluding carboxylic acids is 1. The Morgan fingerprint density at radius 2 is 1.61 bits per heavy atom. The fraction of sp³-hybridized carbons (Fsp3) is 0.174. The normalized spacial score (nSPS) is 11.3. The number of hydrogen-bond acceptors (Lipinski definition) is 4. The molecule has 0 unspecified atom stereocenters. The van der Waals surface area contributed by atoms with Gasteiger partial charge in [-0.05, 0) is 60.5 Å². The molecular weight excluding hydrogens is 480 g/mol. The maximum Gasteiger partial charge on any atom is 0.243 e. The van der Waals surface area contributed by atoms with Gasteiger partial charge in [-0.1, -0.05) is 46.3 Å². The summed E-state index contributed by atoms with van der Waals surface area (Å²) in [6.45, 7) is -0.122. The quantitative estimate of drug-likeness (QED) is 0.472. The van der Waals surface area contributed by atoms with Gasteiger partial charge in [0.1, 0.15) is 5.75 Å². The van der Waals surface area contributed by atoms with E-state index in [2.05, 4.69) is 21.2 Å². The van der Waals surface area contributed by atoms with Crippen molar-refractivity contribution in [3.63, 3.8) is 0 Å². The second kappa shape index (κ2) is 10.6. The topological polar surface area (TPSA) is 75.7 Å². The summed E-state index contributed by atoms with van der Waals surface area (Å²) >= 11 is 3.35. The molecule has 0 spiro atoms. The molecule has 0 aliphatic heterocycles. The van der Waals surface area contributed by atoms with Crippen molar-refractivity contribution in [2.24, 2.45) is 0 Å². The van der Waals surface area contributed by atoms with Crippen LogP contribution in [0.5, 0.6) is 5.75 Å². The summed E-state index contributed by atoms with van der Waals surface area (Å²) in [7, 11) is -2.36. The highest BCUT2D eigenvalue weighted by Crippen LogP contribution is 2.20. The van der Waals surface area contributed by atoms with Gasteiger partial charge in [0.15, 0.2) is 0 Å². The largest absolute Gasteiger partial charge is 0.497 e. The average Bonchev–Trinajstić information content (AvgIpc) is 2.78. The van der Waals surface area contributed by atoms with E-state index in [4.69, 9.17) is 4.74 Å². The van der Waals surface area contributed by atoms with Crippen LogP contribution in [0.15, 0.2) is 88.2 Å². The van der Waals surface area contributed by atoms with E-state index in [0.717, 1.165) is 10.0 Å². The lowest BCUT2D eigenvalue weighted by molar-refractivity contribution is -0.116. The summed E-state index contributed by atoms with van der Waals surface area (Å²) in [6.07, 6.45) is 0.488. The molecule has 3 rings (SSSR count). The number of benzene rings is 3. The Labute approximate surface area is 191 Å². The second-order valence-electron chi connectivity index (χ2n) is 6.80. The number of methoxy groups -OCH3 is 1. The second-order valence-corrected chi connectivity index (χ2v) is 9.66. The van der Waals surface area contributed by atoms with E-state index in [9.17, 15) is 13.2 Å². The summed E-state index contributed by atoms with van der Waals surface area (Å²) in [5.74, 6) is 0.148. The van der Waals surface area contributed by atoms with Crippen LogP contribution in [0.3, 0.4) is 0 Å². The zero-order valence-electron chi connectivity index (χ0n) is 17.0. The van der Waals surface area contributed by atoms with E-state index in [1.165, 1.54) is 23.5 Å². The molecule has 0 aromatic heterocycles. The van der Waals surface area contributed by atoms with Gasteiger partial charge < -0.3 is 10.1 Å². The van der Waals surface area contributed by atoms with Crippen LogP contribution < -0.4 is 10.1 Å². The number of anilines is 1. The maximum atomic E-state index is 13.3. The van der Waals surface area contributed by atoms with Crippen LogP contribution in [-0.4, -0.2) is 38.8 Å².